The largest absolute Gasteiger partial charge is 0.454 e. The Labute approximate surface area is 201 Å². The van der Waals surface area contributed by atoms with Gasteiger partial charge in [0.05, 0.1) is 5.92 Å². The molecule has 0 aliphatic carbocycles. The lowest BCUT2D eigenvalue weighted by Crippen LogP contribution is -2.52. The number of carbonyl (C=O) groups is 2. The van der Waals surface area contributed by atoms with E-state index in [2.05, 4.69) is 10.2 Å². The van der Waals surface area contributed by atoms with Gasteiger partial charge in [-0.2, -0.15) is 0 Å². The molecule has 0 saturated carbocycles. The number of ketones is 1. The molecule has 0 radical (unpaired) electrons. The lowest BCUT2D eigenvalue weighted by atomic mass is 9.68. The molecule has 1 amide bonds. The number of fused-ring (bicyclic) bond motifs is 5. The molecule has 4 atom stereocenters. The van der Waals surface area contributed by atoms with Crippen LogP contribution >= 0.6 is 0 Å². The van der Waals surface area contributed by atoms with Crippen molar-refractivity contribution in [2.45, 2.75) is 30.3 Å². The minimum absolute atomic E-state index is 0.0136. The smallest absolute Gasteiger partial charge is 0.250 e. The maximum absolute atomic E-state index is 14.6. The molecule has 0 aromatic heterocycles. The second-order valence-electron chi connectivity index (χ2n) is 9.66. The van der Waals surface area contributed by atoms with Gasteiger partial charge in [0.2, 0.25) is 12.7 Å². The zero-order chi connectivity index (χ0) is 23.7. The van der Waals surface area contributed by atoms with E-state index in [4.69, 9.17) is 9.47 Å². The molecule has 1 N–H and O–H groups in total. The first kappa shape index (κ1) is 20.6. The summed E-state index contributed by atoms with van der Waals surface area (Å²) in [6, 6.07) is 19.4. The number of hydrogen-bond acceptors (Lipinski definition) is 5. The molecule has 3 aromatic rings. The van der Waals surface area contributed by atoms with Gasteiger partial charge in [-0.15, -0.1) is 0 Å². The zero-order valence-corrected chi connectivity index (χ0v) is 18.9. The van der Waals surface area contributed by atoms with Crippen molar-refractivity contribution in [2.75, 3.05) is 18.7 Å². The number of hydrogen-bond donors (Lipinski definition) is 1. The van der Waals surface area contributed by atoms with Crippen molar-refractivity contribution in [3.8, 4) is 11.5 Å². The second kappa shape index (κ2) is 7.39. The Bertz CT molecular complexity index is 1380. The van der Waals surface area contributed by atoms with Gasteiger partial charge in [0.15, 0.2) is 17.3 Å². The monoisotopic (exact) mass is 470 g/mol. The van der Waals surface area contributed by atoms with Crippen LogP contribution in [0.5, 0.6) is 11.5 Å². The number of rotatable bonds is 3. The fourth-order valence-corrected chi connectivity index (χ4v) is 6.81. The van der Waals surface area contributed by atoms with Crippen LogP contribution in [0.1, 0.15) is 40.2 Å². The topological polar surface area (TPSA) is 67.9 Å². The third-order valence-electron chi connectivity index (χ3n) is 8.09. The van der Waals surface area contributed by atoms with Crippen LogP contribution < -0.4 is 14.8 Å². The van der Waals surface area contributed by atoms with Gasteiger partial charge in [-0.1, -0.05) is 30.3 Å². The van der Waals surface area contributed by atoms with Crippen LogP contribution in [0.4, 0.5) is 10.1 Å². The van der Waals surface area contributed by atoms with Crippen LogP contribution in [0.2, 0.25) is 0 Å². The highest BCUT2D eigenvalue weighted by atomic mass is 19.1. The Morgan fingerprint density at radius 3 is 2.71 bits per heavy atom. The molecule has 4 aliphatic rings. The fraction of sp³-hybridized carbons (Fsp3) is 0.286. The summed E-state index contributed by atoms with van der Waals surface area (Å²) in [7, 11) is 0. The van der Waals surface area contributed by atoms with Crippen LogP contribution in [0.25, 0.3) is 0 Å². The van der Waals surface area contributed by atoms with E-state index < -0.39 is 17.3 Å². The molecular weight excluding hydrogens is 447 g/mol. The zero-order valence-electron chi connectivity index (χ0n) is 18.9. The van der Waals surface area contributed by atoms with Crippen molar-refractivity contribution in [3.63, 3.8) is 0 Å². The standard InChI is InChI=1S/C28H23FN2O4/c29-18-9-10-20-19(14-18)28(27(33)30-20)25(26(32)17-8-11-22-23(13-17)35-15-34-22)24(16-5-2-1-3-6-16)21-7-4-12-31(21)28/h1-3,5-6,8-11,13-14,21,24-25H,4,7,12,15H2,(H,30,33)/t21?,24?,25?,28-/m1/s1. The normalized spacial score (nSPS) is 28.3. The van der Waals surface area contributed by atoms with Crippen molar-refractivity contribution >= 4 is 17.4 Å². The summed E-state index contributed by atoms with van der Waals surface area (Å²) in [6.07, 6.45) is 1.78. The number of carbonyl (C=O) groups excluding carboxylic acids is 2. The average molecular weight is 471 g/mol. The average Bonchev–Trinajstić information content (AvgIpc) is 3.63. The van der Waals surface area contributed by atoms with E-state index in [0.29, 0.717) is 34.9 Å². The van der Waals surface area contributed by atoms with Crippen LogP contribution in [0, 0.1) is 11.7 Å². The summed E-state index contributed by atoms with van der Waals surface area (Å²) in [5.74, 6) is -0.694. The van der Waals surface area contributed by atoms with Gasteiger partial charge < -0.3 is 14.8 Å². The third kappa shape index (κ3) is 2.73. The molecule has 3 unspecified atom stereocenters. The number of ether oxygens (including phenoxy) is 2. The first-order chi connectivity index (χ1) is 17.1. The van der Waals surface area contributed by atoms with Crippen LogP contribution in [-0.4, -0.2) is 36.0 Å². The van der Waals surface area contributed by atoms with E-state index in [-0.39, 0.29) is 30.4 Å². The molecule has 4 heterocycles. The number of Topliss-reactive ketones (excluding diaryl/α,β-unsaturated/α-hetero) is 1. The molecular formula is C28H23FN2O4. The summed E-state index contributed by atoms with van der Waals surface area (Å²) >= 11 is 0. The van der Waals surface area contributed by atoms with Crippen LogP contribution in [0.15, 0.2) is 66.7 Å². The number of nitrogens with one attached hydrogen (secondary N) is 1. The van der Waals surface area contributed by atoms with Crippen LogP contribution in [-0.2, 0) is 10.3 Å². The summed E-state index contributed by atoms with van der Waals surface area (Å²) in [6.45, 7) is 0.778. The lowest BCUT2D eigenvalue weighted by molar-refractivity contribution is -0.127. The Hall–Kier alpha value is -3.71. The minimum Gasteiger partial charge on any atom is -0.454 e. The number of benzene rings is 3. The van der Waals surface area contributed by atoms with E-state index in [1.54, 1.807) is 24.3 Å². The first-order valence-corrected chi connectivity index (χ1v) is 12.0. The lowest BCUT2D eigenvalue weighted by Gasteiger charge is -2.36. The van der Waals surface area contributed by atoms with Gasteiger partial charge >= 0.3 is 0 Å². The van der Waals surface area contributed by atoms with Gasteiger partial charge in [0, 0.05) is 28.8 Å². The van der Waals surface area contributed by atoms with Crippen LogP contribution in [0.3, 0.4) is 0 Å². The van der Waals surface area contributed by atoms with E-state index >= 15 is 0 Å². The summed E-state index contributed by atoms with van der Waals surface area (Å²) in [5, 5.41) is 2.98. The highest BCUT2D eigenvalue weighted by Crippen LogP contribution is 2.61. The number of halogens is 1. The molecule has 6 nitrogen and oxygen atoms in total. The molecule has 0 bridgehead atoms. The number of nitrogens with zero attached hydrogens (tertiary/aromatic N) is 1. The summed E-state index contributed by atoms with van der Waals surface area (Å²) < 4.78 is 25.6. The Kier molecular flexibility index (Phi) is 4.36. The third-order valence-corrected chi connectivity index (χ3v) is 8.09. The Morgan fingerprint density at radius 2 is 1.86 bits per heavy atom. The van der Waals surface area contributed by atoms with E-state index in [0.717, 1.165) is 18.4 Å². The van der Waals surface area contributed by atoms with Gasteiger partial charge in [-0.05, 0) is 61.3 Å². The van der Waals surface area contributed by atoms with Crippen molar-refractivity contribution in [1.29, 1.82) is 0 Å². The van der Waals surface area contributed by atoms with Crippen molar-refractivity contribution in [3.05, 3.63) is 89.2 Å². The second-order valence-corrected chi connectivity index (χ2v) is 9.66. The highest BCUT2D eigenvalue weighted by Gasteiger charge is 2.69. The van der Waals surface area contributed by atoms with Crippen molar-refractivity contribution in [1.82, 2.24) is 4.90 Å². The van der Waals surface area contributed by atoms with E-state index in [1.807, 2.05) is 30.3 Å². The maximum atomic E-state index is 14.6. The summed E-state index contributed by atoms with van der Waals surface area (Å²) in [5.41, 5.74) is 1.30. The molecule has 1 spiro atoms. The van der Waals surface area contributed by atoms with Gasteiger partial charge in [-0.3, -0.25) is 14.5 Å². The molecule has 4 aliphatic heterocycles. The molecule has 2 saturated heterocycles. The van der Waals surface area contributed by atoms with Gasteiger partial charge in [-0.25, -0.2) is 4.39 Å². The molecule has 3 aromatic carbocycles. The van der Waals surface area contributed by atoms with Gasteiger partial charge in [0.1, 0.15) is 11.4 Å². The van der Waals surface area contributed by atoms with Crippen molar-refractivity contribution < 1.29 is 23.5 Å². The molecule has 7 heteroatoms. The maximum Gasteiger partial charge on any atom is 0.250 e. The highest BCUT2D eigenvalue weighted by molar-refractivity contribution is 6.12. The minimum atomic E-state index is -1.29. The SMILES string of the molecule is O=C(c1ccc2c(c1)OCO2)C1C(c2ccccc2)C2CCCN2[C@@]12C(=O)Nc1ccc(F)cc12. The molecule has 176 valence electrons. The Morgan fingerprint density at radius 1 is 1.03 bits per heavy atom. The quantitative estimate of drug-likeness (QED) is 0.573. The fourth-order valence-electron chi connectivity index (χ4n) is 6.81. The van der Waals surface area contributed by atoms with E-state index in [9.17, 15) is 14.0 Å². The molecule has 7 rings (SSSR count). The molecule has 2 fully saturated rings. The van der Waals surface area contributed by atoms with Gasteiger partial charge in [0.25, 0.3) is 0 Å². The summed E-state index contributed by atoms with van der Waals surface area (Å²) in [4.78, 5) is 30.6. The van der Waals surface area contributed by atoms with Crippen molar-refractivity contribution in [2.24, 2.45) is 5.92 Å². The first-order valence-electron chi connectivity index (χ1n) is 12.0. The molecule has 35 heavy (non-hydrogen) atoms. The number of amides is 1. The predicted octanol–water partition coefficient (Wildman–Crippen LogP) is 4.46. The Balaban J connectivity index is 1.47. The number of anilines is 1. The predicted molar refractivity (Wildman–Crippen MR) is 126 cm³/mol. The van der Waals surface area contributed by atoms with E-state index in [1.165, 1.54) is 12.1 Å².